The summed E-state index contributed by atoms with van der Waals surface area (Å²) in [4.78, 5) is 11.9. The molecule has 1 aromatic heterocycles. The fourth-order valence-corrected chi connectivity index (χ4v) is 2.59. The summed E-state index contributed by atoms with van der Waals surface area (Å²) in [6.45, 7) is -0.0513. The monoisotopic (exact) mass is 275 g/mol. The smallest absolute Gasteiger partial charge is 0.224 e. The molecule has 0 spiro atoms. The molecular weight excluding hydrogens is 258 g/mol. The van der Waals surface area contributed by atoms with Crippen LogP contribution in [0.15, 0.2) is 47.2 Å². The first kappa shape index (κ1) is 13.8. The Bertz CT molecular complexity index is 496. The summed E-state index contributed by atoms with van der Waals surface area (Å²) in [6.07, 6.45) is 1.02. The van der Waals surface area contributed by atoms with Crippen molar-refractivity contribution in [3.8, 4) is 0 Å². The average Bonchev–Trinajstić information content (AvgIpc) is 2.92. The van der Waals surface area contributed by atoms with Gasteiger partial charge in [0.1, 0.15) is 0 Å². The van der Waals surface area contributed by atoms with Crippen LogP contribution >= 0.6 is 11.3 Å². The van der Waals surface area contributed by atoms with Crippen molar-refractivity contribution in [1.82, 2.24) is 5.32 Å². The van der Waals surface area contributed by atoms with E-state index in [4.69, 9.17) is 0 Å². The fraction of sp³-hybridized carbons (Fsp3) is 0.267. The molecule has 0 unspecified atom stereocenters. The van der Waals surface area contributed by atoms with Gasteiger partial charge in [0.25, 0.3) is 0 Å². The van der Waals surface area contributed by atoms with Crippen molar-refractivity contribution in [2.45, 2.75) is 18.9 Å². The molecule has 0 saturated carbocycles. The Balaban J connectivity index is 1.86. The topological polar surface area (TPSA) is 49.3 Å². The van der Waals surface area contributed by atoms with Crippen LogP contribution < -0.4 is 5.32 Å². The molecule has 3 nitrogen and oxygen atoms in total. The lowest BCUT2D eigenvalue weighted by molar-refractivity contribution is -0.121. The highest BCUT2D eigenvalue weighted by Gasteiger charge is 2.12. The minimum absolute atomic E-state index is 0.0478. The van der Waals surface area contributed by atoms with Crippen LogP contribution in [-0.4, -0.2) is 23.7 Å². The quantitative estimate of drug-likeness (QED) is 0.847. The highest BCUT2D eigenvalue weighted by atomic mass is 32.1. The van der Waals surface area contributed by atoms with Crippen molar-refractivity contribution in [1.29, 1.82) is 0 Å². The summed E-state index contributed by atoms with van der Waals surface area (Å²) in [6, 6.07) is 11.6. The van der Waals surface area contributed by atoms with Crippen molar-refractivity contribution in [2.24, 2.45) is 0 Å². The zero-order chi connectivity index (χ0) is 13.5. The molecular formula is C15H17NO2S. The molecule has 0 aliphatic heterocycles. The van der Waals surface area contributed by atoms with Crippen LogP contribution in [0.5, 0.6) is 0 Å². The predicted octanol–water partition coefficient (Wildman–Crippen LogP) is 2.01. The van der Waals surface area contributed by atoms with Gasteiger partial charge in [0.2, 0.25) is 5.91 Å². The molecule has 4 heteroatoms. The summed E-state index contributed by atoms with van der Waals surface area (Å²) in [5, 5.41) is 16.1. The van der Waals surface area contributed by atoms with Gasteiger partial charge in [-0.2, -0.15) is 11.3 Å². The maximum Gasteiger partial charge on any atom is 0.224 e. The van der Waals surface area contributed by atoms with Crippen molar-refractivity contribution in [2.75, 3.05) is 6.61 Å². The Hall–Kier alpha value is -1.65. The molecule has 2 rings (SSSR count). The Morgan fingerprint density at radius 1 is 1.21 bits per heavy atom. The summed E-state index contributed by atoms with van der Waals surface area (Å²) in [7, 11) is 0. The third kappa shape index (κ3) is 4.50. The SMILES string of the molecule is O=C(Cc1ccsc1)N[C@H](CO)Cc1ccccc1. The number of nitrogens with one attached hydrogen (secondary N) is 1. The second-order valence-corrected chi connectivity index (χ2v) is 5.23. The highest BCUT2D eigenvalue weighted by molar-refractivity contribution is 7.07. The van der Waals surface area contributed by atoms with E-state index in [1.54, 1.807) is 11.3 Å². The van der Waals surface area contributed by atoms with E-state index >= 15 is 0 Å². The predicted molar refractivity (Wildman–Crippen MR) is 77.2 cm³/mol. The first-order valence-electron chi connectivity index (χ1n) is 6.23. The molecule has 1 amide bonds. The number of hydrogen-bond donors (Lipinski definition) is 2. The lowest BCUT2D eigenvalue weighted by Crippen LogP contribution is -2.39. The standard InChI is InChI=1S/C15H17NO2S/c17-10-14(8-12-4-2-1-3-5-12)16-15(18)9-13-6-7-19-11-13/h1-7,11,14,17H,8-10H2,(H,16,18)/t14-/m0/s1. The molecule has 0 aliphatic rings. The number of carbonyl (C=O) groups is 1. The maximum atomic E-state index is 11.9. The Morgan fingerprint density at radius 3 is 2.63 bits per heavy atom. The van der Waals surface area contributed by atoms with Gasteiger partial charge in [-0.15, -0.1) is 0 Å². The lowest BCUT2D eigenvalue weighted by Gasteiger charge is -2.16. The minimum atomic E-state index is -0.228. The van der Waals surface area contributed by atoms with E-state index in [1.807, 2.05) is 47.2 Å². The van der Waals surface area contributed by atoms with Gasteiger partial charge in [-0.1, -0.05) is 30.3 Å². The first-order valence-corrected chi connectivity index (χ1v) is 7.17. The van der Waals surface area contributed by atoms with Gasteiger partial charge in [-0.3, -0.25) is 4.79 Å². The molecule has 0 bridgehead atoms. The zero-order valence-corrected chi connectivity index (χ0v) is 11.4. The summed E-state index contributed by atoms with van der Waals surface area (Å²) in [5.74, 6) is -0.0478. The van der Waals surface area contributed by atoms with Crippen molar-refractivity contribution in [3.63, 3.8) is 0 Å². The van der Waals surface area contributed by atoms with Crippen molar-refractivity contribution < 1.29 is 9.90 Å². The van der Waals surface area contributed by atoms with E-state index in [0.717, 1.165) is 11.1 Å². The molecule has 19 heavy (non-hydrogen) atoms. The number of aliphatic hydroxyl groups is 1. The van der Waals surface area contributed by atoms with Crippen LogP contribution in [0.4, 0.5) is 0 Å². The van der Waals surface area contributed by atoms with Gasteiger partial charge in [0.05, 0.1) is 19.1 Å². The molecule has 0 fully saturated rings. The lowest BCUT2D eigenvalue weighted by atomic mass is 10.1. The maximum absolute atomic E-state index is 11.9. The number of rotatable bonds is 6. The van der Waals surface area contributed by atoms with Crippen LogP contribution in [0.1, 0.15) is 11.1 Å². The minimum Gasteiger partial charge on any atom is -0.394 e. The third-order valence-corrected chi connectivity index (χ3v) is 3.59. The molecule has 0 radical (unpaired) electrons. The van der Waals surface area contributed by atoms with E-state index < -0.39 is 0 Å². The number of carbonyl (C=O) groups excluding carboxylic acids is 1. The molecule has 1 heterocycles. The highest BCUT2D eigenvalue weighted by Crippen LogP contribution is 2.07. The number of amides is 1. The Kier molecular flexibility index (Phi) is 5.12. The van der Waals surface area contributed by atoms with Gasteiger partial charge in [0.15, 0.2) is 0 Å². The molecule has 1 atom stereocenters. The molecule has 0 saturated heterocycles. The normalized spacial score (nSPS) is 12.1. The fourth-order valence-electron chi connectivity index (χ4n) is 1.92. The Labute approximate surface area is 116 Å². The molecule has 0 aliphatic carbocycles. The van der Waals surface area contributed by atoms with Crippen LogP contribution in [0.3, 0.4) is 0 Å². The van der Waals surface area contributed by atoms with E-state index in [0.29, 0.717) is 12.8 Å². The van der Waals surface area contributed by atoms with E-state index in [1.165, 1.54) is 0 Å². The van der Waals surface area contributed by atoms with Crippen molar-refractivity contribution >= 4 is 17.2 Å². The first-order chi connectivity index (χ1) is 9.28. The van der Waals surface area contributed by atoms with Gasteiger partial charge in [-0.25, -0.2) is 0 Å². The summed E-state index contributed by atoms with van der Waals surface area (Å²) in [5.41, 5.74) is 2.12. The van der Waals surface area contributed by atoms with Gasteiger partial charge < -0.3 is 10.4 Å². The van der Waals surface area contributed by atoms with Crippen LogP contribution in [-0.2, 0) is 17.6 Å². The molecule has 100 valence electrons. The molecule has 1 aromatic carbocycles. The van der Waals surface area contributed by atoms with Gasteiger partial charge in [0, 0.05) is 0 Å². The number of hydrogen-bond acceptors (Lipinski definition) is 3. The summed E-state index contributed by atoms with van der Waals surface area (Å²) < 4.78 is 0. The molecule has 2 aromatic rings. The van der Waals surface area contributed by atoms with E-state index in [-0.39, 0.29) is 18.6 Å². The number of aliphatic hydroxyl groups excluding tert-OH is 1. The zero-order valence-electron chi connectivity index (χ0n) is 10.6. The van der Waals surface area contributed by atoms with E-state index in [2.05, 4.69) is 5.32 Å². The van der Waals surface area contributed by atoms with Gasteiger partial charge >= 0.3 is 0 Å². The average molecular weight is 275 g/mol. The number of thiophene rings is 1. The second-order valence-electron chi connectivity index (χ2n) is 4.45. The van der Waals surface area contributed by atoms with Crippen molar-refractivity contribution in [3.05, 3.63) is 58.3 Å². The van der Waals surface area contributed by atoms with Crippen LogP contribution in [0, 0.1) is 0 Å². The molecule has 2 N–H and O–H groups in total. The van der Waals surface area contributed by atoms with Crippen LogP contribution in [0.2, 0.25) is 0 Å². The number of benzene rings is 1. The third-order valence-electron chi connectivity index (χ3n) is 2.86. The van der Waals surface area contributed by atoms with E-state index in [9.17, 15) is 9.90 Å². The largest absolute Gasteiger partial charge is 0.394 e. The Morgan fingerprint density at radius 2 is 2.00 bits per heavy atom. The second kappa shape index (κ2) is 7.07. The van der Waals surface area contributed by atoms with Crippen LogP contribution in [0.25, 0.3) is 0 Å². The summed E-state index contributed by atoms with van der Waals surface area (Å²) >= 11 is 1.58. The van der Waals surface area contributed by atoms with Gasteiger partial charge in [-0.05, 0) is 34.4 Å².